The molecular formula is C19H23N3O4. The molecule has 0 aliphatic rings. The molecule has 0 amide bonds. The Bertz CT molecular complexity index is 926. The molecule has 0 aliphatic heterocycles. The maximum Gasteiger partial charge on any atom is 0.332 e. The predicted molar refractivity (Wildman–Crippen MR) is 98.9 cm³/mol. The molecule has 0 unspecified atom stereocenters. The minimum atomic E-state index is -0.227. The van der Waals surface area contributed by atoms with Gasteiger partial charge in [-0.2, -0.15) is 9.46 Å². The van der Waals surface area contributed by atoms with E-state index in [0.717, 1.165) is 26.1 Å². The number of para-hydroxylation sites is 2. The molecule has 1 N–H and O–H groups in total. The minimum absolute atomic E-state index is 0.0475. The Hall–Kier alpha value is -2.80. The highest BCUT2D eigenvalue weighted by molar-refractivity contribution is 5.83. The molecule has 0 radical (unpaired) electrons. The van der Waals surface area contributed by atoms with E-state index in [0.29, 0.717) is 21.8 Å². The number of fused-ring (bicyclic) bond motifs is 2. The summed E-state index contributed by atoms with van der Waals surface area (Å²) in [4.78, 5) is 2.29. The summed E-state index contributed by atoms with van der Waals surface area (Å²) in [6.45, 7) is 7.56. The van der Waals surface area contributed by atoms with Crippen molar-refractivity contribution in [2.24, 2.45) is 0 Å². The van der Waals surface area contributed by atoms with E-state index in [4.69, 9.17) is 4.74 Å². The van der Waals surface area contributed by atoms with Gasteiger partial charge in [-0.1, -0.05) is 26.0 Å². The Morgan fingerprint density at radius 1 is 0.962 bits per heavy atom. The van der Waals surface area contributed by atoms with Crippen molar-refractivity contribution in [2.45, 2.75) is 20.3 Å². The smallest absolute Gasteiger partial charge is 0.332 e. The Morgan fingerprint density at radius 2 is 1.58 bits per heavy atom. The van der Waals surface area contributed by atoms with Crippen LogP contribution < -0.4 is 14.2 Å². The van der Waals surface area contributed by atoms with E-state index in [2.05, 4.69) is 18.7 Å². The largest absolute Gasteiger partial charge is 0.617 e. The molecule has 0 aliphatic carbocycles. The van der Waals surface area contributed by atoms with Crippen LogP contribution >= 0.6 is 0 Å². The number of rotatable bonds is 7. The van der Waals surface area contributed by atoms with Gasteiger partial charge in [0.2, 0.25) is 0 Å². The molecule has 7 nitrogen and oxygen atoms in total. The quantitative estimate of drug-likeness (QED) is 0.303. The Kier molecular flexibility index (Phi) is 5.27. The van der Waals surface area contributed by atoms with Crippen LogP contribution in [0.15, 0.2) is 36.4 Å². The molecule has 0 saturated heterocycles. The molecule has 7 heteroatoms. The molecule has 138 valence electrons. The van der Waals surface area contributed by atoms with Gasteiger partial charge in [0.25, 0.3) is 11.0 Å². The highest BCUT2D eigenvalue weighted by Gasteiger charge is 2.26. The van der Waals surface area contributed by atoms with Crippen molar-refractivity contribution in [1.29, 1.82) is 0 Å². The van der Waals surface area contributed by atoms with Crippen molar-refractivity contribution in [2.75, 3.05) is 26.2 Å². The fourth-order valence-corrected chi connectivity index (χ4v) is 3.14. The van der Waals surface area contributed by atoms with Crippen LogP contribution in [0.1, 0.15) is 20.3 Å². The van der Waals surface area contributed by atoms with E-state index in [1.807, 2.05) is 0 Å². The lowest BCUT2D eigenvalue weighted by Gasteiger charge is -2.17. The first-order valence-corrected chi connectivity index (χ1v) is 8.83. The lowest BCUT2D eigenvalue weighted by Crippen LogP contribution is -2.39. The fraction of sp³-hybridized carbons (Fsp3) is 0.368. The van der Waals surface area contributed by atoms with Crippen LogP contribution in [0, 0.1) is 10.4 Å². The maximum atomic E-state index is 12.8. The highest BCUT2D eigenvalue weighted by atomic mass is 16.5. The summed E-state index contributed by atoms with van der Waals surface area (Å²) in [6.07, 6.45) is 0.822. The number of hydrogen-bond donors (Lipinski definition) is 1. The normalized spacial score (nSPS) is 11.5. The summed E-state index contributed by atoms with van der Waals surface area (Å²) >= 11 is 0. The molecule has 2 aromatic carbocycles. The summed E-state index contributed by atoms with van der Waals surface area (Å²) in [6, 6.07) is 9.32. The zero-order valence-electron chi connectivity index (χ0n) is 15.0. The number of phenolic OH excluding ortho intramolecular Hbond substituents is 1. The van der Waals surface area contributed by atoms with Gasteiger partial charge >= 0.3 is 11.0 Å². The van der Waals surface area contributed by atoms with Gasteiger partial charge in [-0.15, -0.1) is 0 Å². The van der Waals surface area contributed by atoms with Gasteiger partial charge < -0.3 is 25.2 Å². The van der Waals surface area contributed by atoms with Crippen LogP contribution in [0.5, 0.6) is 11.5 Å². The summed E-state index contributed by atoms with van der Waals surface area (Å²) < 4.78 is 7.04. The van der Waals surface area contributed by atoms with Crippen molar-refractivity contribution < 1.29 is 19.3 Å². The summed E-state index contributed by atoms with van der Waals surface area (Å²) in [7, 11) is 0. The van der Waals surface area contributed by atoms with Crippen molar-refractivity contribution >= 4 is 22.1 Å². The number of ether oxygens (including phenoxy) is 1. The summed E-state index contributed by atoms with van der Waals surface area (Å²) in [5, 5.41) is 35.4. The van der Waals surface area contributed by atoms with Crippen molar-refractivity contribution in [1.82, 2.24) is 4.90 Å². The number of benzene rings is 2. The number of aromatic hydroxyl groups is 1. The first kappa shape index (κ1) is 18.0. The molecule has 0 spiro atoms. The molecule has 1 aromatic heterocycles. The Morgan fingerprint density at radius 3 is 2.27 bits per heavy atom. The van der Waals surface area contributed by atoms with E-state index >= 15 is 0 Å². The lowest BCUT2D eigenvalue weighted by molar-refractivity contribution is -0.591. The van der Waals surface area contributed by atoms with Crippen molar-refractivity contribution in [3.05, 3.63) is 46.8 Å². The zero-order valence-corrected chi connectivity index (χ0v) is 15.0. The first-order chi connectivity index (χ1) is 12.6. The molecule has 0 bridgehead atoms. The molecule has 1 heterocycles. The van der Waals surface area contributed by atoms with Gasteiger partial charge in [-0.25, -0.2) is 0 Å². The van der Waals surface area contributed by atoms with Gasteiger partial charge in [-0.05, 0) is 31.6 Å². The third-order valence-corrected chi connectivity index (χ3v) is 4.59. The van der Waals surface area contributed by atoms with E-state index in [1.54, 1.807) is 18.2 Å². The van der Waals surface area contributed by atoms with Gasteiger partial charge in [0, 0.05) is 18.7 Å². The average molecular weight is 357 g/mol. The SMILES string of the molecule is CCN(CC)CCCOc1cccc2c1[n+]([O-])c1cccc(O)c1[n+]2[O-]. The number of aromatic nitrogens is 2. The minimum Gasteiger partial charge on any atom is -0.617 e. The molecule has 0 saturated carbocycles. The highest BCUT2D eigenvalue weighted by Crippen LogP contribution is 2.25. The molecule has 0 fully saturated rings. The Balaban J connectivity index is 1.96. The first-order valence-electron chi connectivity index (χ1n) is 8.83. The monoisotopic (exact) mass is 357 g/mol. The molecule has 0 atom stereocenters. The van der Waals surface area contributed by atoms with Crippen molar-refractivity contribution in [3.8, 4) is 11.5 Å². The van der Waals surface area contributed by atoms with Crippen LogP contribution in [0.4, 0.5) is 0 Å². The van der Waals surface area contributed by atoms with Crippen LogP contribution in [-0.2, 0) is 0 Å². The van der Waals surface area contributed by atoms with Crippen LogP contribution in [0.25, 0.3) is 22.1 Å². The van der Waals surface area contributed by atoms with Gasteiger partial charge in [0.15, 0.2) is 11.5 Å². The van der Waals surface area contributed by atoms with E-state index < -0.39 is 0 Å². The second kappa shape index (κ2) is 7.61. The lowest BCUT2D eigenvalue weighted by atomic mass is 10.2. The molecular weight excluding hydrogens is 334 g/mol. The van der Waals surface area contributed by atoms with E-state index in [9.17, 15) is 15.5 Å². The van der Waals surface area contributed by atoms with Crippen molar-refractivity contribution in [3.63, 3.8) is 0 Å². The maximum absolute atomic E-state index is 12.8. The second-order valence-electron chi connectivity index (χ2n) is 6.09. The number of nitrogens with zero attached hydrogens (tertiary/aromatic N) is 3. The number of hydrogen-bond acceptors (Lipinski definition) is 5. The van der Waals surface area contributed by atoms with E-state index in [-0.39, 0.29) is 27.8 Å². The third-order valence-electron chi connectivity index (χ3n) is 4.59. The fourth-order valence-electron chi connectivity index (χ4n) is 3.14. The molecule has 3 aromatic rings. The van der Waals surface area contributed by atoms with Crippen LogP contribution in [0.2, 0.25) is 0 Å². The molecule has 3 rings (SSSR count). The Labute approximate surface area is 151 Å². The zero-order chi connectivity index (χ0) is 18.7. The topological polar surface area (TPSA) is 86.6 Å². The standard InChI is InChI=1S/C19H23N3O4/c1-3-20(4-2)12-7-13-26-17-11-6-9-15-19(17)22(25)14-8-5-10-16(23)18(14)21(15)24/h5-6,8-11,23H,3-4,7,12-13H2,1-2H3. The summed E-state index contributed by atoms with van der Waals surface area (Å²) in [5.41, 5.74) is 0.388. The predicted octanol–water partition coefficient (Wildman–Crippen LogP) is 2.08. The third kappa shape index (κ3) is 3.17. The van der Waals surface area contributed by atoms with Crippen LogP contribution in [-0.4, -0.2) is 36.2 Å². The summed E-state index contributed by atoms with van der Waals surface area (Å²) in [5.74, 6) is 0.140. The van der Waals surface area contributed by atoms with Crippen LogP contribution in [0.3, 0.4) is 0 Å². The molecule has 26 heavy (non-hydrogen) atoms. The van der Waals surface area contributed by atoms with E-state index in [1.165, 1.54) is 18.2 Å². The van der Waals surface area contributed by atoms with Gasteiger partial charge in [0.05, 0.1) is 6.61 Å². The second-order valence-corrected chi connectivity index (χ2v) is 6.09. The van der Waals surface area contributed by atoms with Gasteiger partial charge in [-0.3, -0.25) is 0 Å². The van der Waals surface area contributed by atoms with Gasteiger partial charge in [0.1, 0.15) is 0 Å². The number of phenols is 1. The average Bonchev–Trinajstić information content (AvgIpc) is 2.66.